The van der Waals surface area contributed by atoms with Crippen LogP contribution in [-0.2, 0) is 9.59 Å². The number of para-hydroxylation sites is 2. The SMILES string of the molecule is COc1ccc(/C=C/c2cccc(OC)c2OC(C)=O)cc1OC.COc1ccc(/C=C/c2cccc(OC)c2OC(C)=O)cc1OC. The maximum Gasteiger partial charge on any atom is 0.308 e. The molecule has 0 radical (unpaired) electrons. The molecule has 0 heterocycles. The molecule has 0 fully saturated rings. The Balaban J connectivity index is 0.000000260. The predicted molar refractivity (Wildman–Crippen MR) is 186 cm³/mol. The van der Waals surface area contributed by atoms with Gasteiger partial charge in [0.25, 0.3) is 0 Å². The molecule has 4 aromatic rings. The molecule has 4 aromatic carbocycles. The van der Waals surface area contributed by atoms with Crippen molar-refractivity contribution >= 4 is 36.2 Å². The van der Waals surface area contributed by atoms with Crippen molar-refractivity contribution in [3.8, 4) is 46.0 Å². The van der Waals surface area contributed by atoms with Crippen molar-refractivity contribution in [2.75, 3.05) is 42.7 Å². The summed E-state index contributed by atoms with van der Waals surface area (Å²) >= 11 is 0. The van der Waals surface area contributed by atoms with E-state index in [4.69, 9.17) is 37.9 Å². The van der Waals surface area contributed by atoms with Gasteiger partial charge in [0.1, 0.15) is 0 Å². The third-order valence-corrected chi connectivity index (χ3v) is 6.68. The number of hydrogen-bond acceptors (Lipinski definition) is 10. The lowest BCUT2D eigenvalue weighted by molar-refractivity contribution is -0.132. The lowest BCUT2D eigenvalue weighted by Crippen LogP contribution is -2.04. The summed E-state index contributed by atoms with van der Waals surface area (Å²) < 4.78 is 42.1. The van der Waals surface area contributed by atoms with Crippen LogP contribution in [0.15, 0.2) is 72.8 Å². The van der Waals surface area contributed by atoms with Crippen molar-refractivity contribution in [1.29, 1.82) is 0 Å². The van der Waals surface area contributed by atoms with Crippen LogP contribution in [0.1, 0.15) is 36.1 Å². The minimum atomic E-state index is -0.403. The summed E-state index contributed by atoms with van der Waals surface area (Å²) in [5.74, 6) is 3.59. The zero-order valence-electron chi connectivity index (χ0n) is 28.3. The van der Waals surface area contributed by atoms with Gasteiger partial charge in [-0.05, 0) is 47.5 Å². The molecule has 0 amide bonds. The molecule has 252 valence electrons. The van der Waals surface area contributed by atoms with E-state index in [9.17, 15) is 9.59 Å². The summed E-state index contributed by atoms with van der Waals surface area (Å²) in [7, 11) is 9.43. The lowest BCUT2D eigenvalue weighted by atomic mass is 10.1. The van der Waals surface area contributed by atoms with E-state index in [-0.39, 0.29) is 0 Å². The van der Waals surface area contributed by atoms with E-state index in [0.717, 1.165) is 22.3 Å². The average Bonchev–Trinajstić information content (AvgIpc) is 3.10. The topological polar surface area (TPSA) is 108 Å². The maximum absolute atomic E-state index is 11.3. The Labute approximate surface area is 281 Å². The first-order valence-electron chi connectivity index (χ1n) is 14.7. The Hall–Kier alpha value is -5.90. The van der Waals surface area contributed by atoms with Crippen LogP contribution < -0.4 is 37.9 Å². The number of methoxy groups -OCH3 is 6. The zero-order valence-corrected chi connectivity index (χ0v) is 28.3. The van der Waals surface area contributed by atoms with Gasteiger partial charge in [-0.3, -0.25) is 9.59 Å². The summed E-state index contributed by atoms with van der Waals surface area (Å²) in [6, 6.07) is 22.0. The van der Waals surface area contributed by atoms with E-state index in [1.165, 1.54) is 28.1 Å². The largest absolute Gasteiger partial charge is 0.493 e. The summed E-state index contributed by atoms with van der Waals surface area (Å²) in [6.07, 6.45) is 7.48. The third-order valence-electron chi connectivity index (χ3n) is 6.68. The molecule has 0 saturated carbocycles. The Morgan fingerprint density at radius 2 is 0.792 bits per heavy atom. The van der Waals surface area contributed by atoms with Gasteiger partial charge in [-0.15, -0.1) is 0 Å². The van der Waals surface area contributed by atoms with Crippen molar-refractivity contribution in [3.05, 3.63) is 95.1 Å². The highest BCUT2D eigenvalue weighted by atomic mass is 16.6. The molecule has 0 aliphatic rings. The normalized spacial score (nSPS) is 10.5. The molecular weight excluding hydrogens is 616 g/mol. The van der Waals surface area contributed by atoms with E-state index in [0.29, 0.717) is 46.0 Å². The molecule has 4 rings (SSSR count). The monoisotopic (exact) mass is 656 g/mol. The molecule has 0 aliphatic heterocycles. The van der Waals surface area contributed by atoms with E-state index in [1.807, 2.05) is 85.0 Å². The number of benzene rings is 4. The van der Waals surface area contributed by atoms with Crippen LogP contribution in [0.25, 0.3) is 24.3 Å². The summed E-state index contributed by atoms with van der Waals surface area (Å²) in [5, 5.41) is 0. The Morgan fingerprint density at radius 3 is 1.10 bits per heavy atom. The van der Waals surface area contributed by atoms with Gasteiger partial charge in [0, 0.05) is 25.0 Å². The molecular formula is C38H40O10. The van der Waals surface area contributed by atoms with Crippen LogP contribution in [0.3, 0.4) is 0 Å². The second-order valence-electron chi connectivity index (χ2n) is 9.84. The average molecular weight is 657 g/mol. The third kappa shape index (κ3) is 10.1. The minimum absolute atomic E-state index is 0.393. The smallest absolute Gasteiger partial charge is 0.308 e. The van der Waals surface area contributed by atoms with Crippen LogP contribution >= 0.6 is 0 Å². The van der Waals surface area contributed by atoms with Crippen molar-refractivity contribution in [3.63, 3.8) is 0 Å². The van der Waals surface area contributed by atoms with E-state index in [2.05, 4.69) is 0 Å². The fourth-order valence-corrected chi connectivity index (χ4v) is 4.44. The molecule has 0 spiro atoms. The van der Waals surface area contributed by atoms with Crippen LogP contribution in [-0.4, -0.2) is 54.6 Å². The number of carbonyl (C=O) groups is 2. The van der Waals surface area contributed by atoms with Gasteiger partial charge in [-0.2, -0.15) is 0 Å². The second kappa shape index (κ2) is 18.3. The summed E-state index contributed by atoms with van der Waals surface area (Å²) in [4.78, 5) is 22.7. The second-order valence-corrected chi connectivity index (χ2v) is 9.84. The van der Waals surface area contributed by atoms with Gasteiger partial charge >= 0.3 is 11.9 Å². The Morgan fingerprint density at radius 1 is 0.438 bits per heavy atom. The van der Waals surface area contributed by atoms with Crippen molar-refractivity contribution < 1.29 is 47.5 Å². The first kappa shape index (κ1) is 36.6. The van der Waals surface area contributed by atoms with Gasteiger partial charge in [0.15, 0.2) is 46.0 Å². The number of esters is 2. The van der Waals surface area contributed by atoms with Crippen LogP contribution in [0.4, 0.5) is 0 Å². The summed E-state index contributed by atoms with van der Waals surface area (Å²) in [5.41, 5.74) is 3.31. The molecule has 0 N–H and O–H groups in total. The van der Waals surface area contributed by atoms with Crippen LogP contribution in [0.2, 0.25) is 0 Å². The number of ether oxygens (including phenoxy) is 8. The first-order chi connectivity index (χ1) is 23.2. The fourth-order valence-electron chi connectivity index (χ4n) is 4.44. The van der Waals surface area contributed by atoms with Crippen molar-refractivity contribution in [1.82, 2.24) is 0 Å². The quantitative estimate of drug-likeness (QED) is 0.0859. The molecule has 0 saturated heterocycles. The van der Waals surface area contributed by atoms with Gasteiger partial charge in [-0.25, -0.2) is 0 Å². The lowest BCUT2D eigenvalue weighted by Gasteiger charge is -2.11. The van der Waals surface area contributed by atoms with Gasteiger partial charge in [0.2, 0.25) is 0 Å². The highest BCUT2D eigenvalue weighted by Crippen LogP contribution is 2.35. The molecule has 0 aromatic heterocycles. The standard InChI is InChI=1S/2C19H20O5/c2*1-13(20)24-19-15(6-5-7-17(19)22-3)10-8-14-9-11-16(21-2)18(12-14)23-4/h2*5-12H,1-4H3/b2*10-8+. The first-order valence-corrected chi connectivity index (χ1v) is 14.7. The molecule has 10 heteroatoms. The fraction of sp³-hybridized carbons (Fsp3) is 0.211. The van der Waals surface area contributed by atoms with Crippen LogP contribution in [0, 0.1) is 0 Å². The van der Waals surface area contributed by atoms with E-state index < -0.39 is 11.9 Å². The number of hydrogen-bond donors (Lipinski definition) is 0. The van der Waals surface area contributed by atoms with Gasteiger partial charge in [-0.1, -0.05) is 60.7 Å². The van der Waals surface area contributed by atoms with E-state index >= 15 is 0 Å². The number of carbonyl (C=O) groups excluding carboxylic acids is 2. The Bertz CT molecular complexity index is 1630. The van der Waals surface area contributed by atoms with Crippen molar-refractivity contribution in [2.24, 2.45) is 0 Å². The van der Waals surface area contributed by atoms with Crippen molar-refractivity contribution in [2.45, 2.75) is 13.8 Å². The number of rotatable bonds is 12. The molecule has 10 nitrogen and oxygen atoms in total. The molecule has 0 unspecified atom stereocenters. The molecule has 0 aliphatic carbocycles. The highest BCUT2D eigenvalue weighted by molar-refractivity contribution is 5.80. The van der Waals surface area contributed by atoms with Gasteiger partial charge in [0.05, 0.1) is 42.7 Å². The summed E-state index contributed by atoms with van der Waals surface area (Å²) in [6.45, 7) is 2.71. The highest BCUT2D eigenvalue weighted by Gasteiger charge is 2.12. The molecule has 0 bridgehead atoms. The molecule has 0 atom stereocenters. The van der Waals surface area contributed by atoms with Crippen LogP contribution in [0.5, 0.6) is 46.0 Å². The van der Waals surface area contributed by atoms with E-state index in [1.54, 1.807) is 40.6 Å². The Kier molecular flexibility index (Phi) is 13.9. The molecule has 48 heavy (non-hydrogen) atoms. The predicted octanol–water partition coefficient (Wildman–Crippen LogP) is 7.62. The maximum atomic E-state index is 11.3. The zero-order chi connectivity index (χ0) is 35.1. The minimum Gasteiger partial charge on any atom is -0.493 e. The van der Waals surface area contributed by atoms with Gasteiger partial charge < -0.3 is 37.9 Å².